The molecule has 2 heterocycles. The molecule has 114 valence electrons. The second kappa shape index (κ2) is 6.84. The molecule has 0 spiro atoms. The number of hydrogen-bond acceptors (Lipinski definition) is 3. The summed E-state index contributed by atoms with van der Waals surface area (Å²) in [6, 6.07) is 11.3. The van der Waals surface area contributed by atoms with Gasteiger partial charge in [0, 0.05) is 49.6 Å². The third-order valence-electron chi connectivity index (χ3n) is 4.57. The Bertz CT molecular complexity index is 479. The molecule has 1 amide bonds. The number of thioether (sulfide) groups is 1. The molecular weight excluding hydrogens is 280 g/mol. The van der Waals surface area contributed by atoms with Gasteiger partial charge in [-0.15, -0.1) is 0 Å². The smallest absolute Gasteiger partial charge is 0.222 e. The van der Waals surface area contributed by atoms with Gasteiger partial charge in [-0.2, -0.15) is 11.8 Å². The zero-order valence-corrected chi connectivity index (χ0v) is 13.5. The maximum atomic E-state index is 11.8. The minimum atomic E-state index is 0.339. The Kier molecular flexibility index (Phi) is 4.86. The number of rotatable bonds is 4. The van der Waals surface area contributed by atoms with Crippen molar-refractivity contribution in [3.8, 4) is 0 Å². The monoisotopic (exact) mass is 304 g/mol. The summed E-state index contributed by atoms with van der Waals surface area (Å²) in [6.07, 6.45) is 1.78. The van der Waals surface area contributed by atoms with Gasteiger partial charge in [0.05, 0.1) is 0 Å². The summed E-state index contributed by atoms with van der Waals surface area (Å²) in [5.74, 6) is 1.53. The quantitative estimate of drug-likeness (QED) is 0.854. The van der Waals surface area contributed by atoms with Gasteiger partial charge in [-0.1, -0.05) is 37.3 Å². The minimum absolute atomic E-state index is 0.339. The summed E-state index contributed by atoms with van der Waals surface area (Å²) in [5.41, 5.74) is 1.41. The summed E-state index contributed by atoms with van der Waals surface area (Å²) in [4.78, 5) is 16.4. The van der Waals surface area contributed by atoms with E-state index in [1.54, 1.807) is 0 Å². The highest BCUT2D eigenvalue weighted by Crippen LogP contribution is 2.35. The largest absolute Gasteiger partial charge is 0.341 e. The molecule has 0 saturated carbocycles. The van der Waals surface area contributed by atoms with E-state index in [2.05, 4.69) is 53.9 Å². The maximum absolute atomic E-state index is 11.8. The lowest BCUT2D eigenvalue weighted by molar-refractivity contribution is -0.127. The van der Waals surface area contributed by atoms with Crippen molar-refractivity contribution in [1.29, 1.82) is 0 Å². The van der Waals surface area contributed by atoms with Crippen LogP contribution in [-0.2, 0) is 4.79 Å². The molecule has 0 bridgehead atoms. The van der Waals surface area contributed by atoms with E-state index in [1.807, 2.05) is 4.90 Å². The first kappa shape index (κ1) is 14.9. The molecule has 2 atom stereocenters. The molecule has 2 saturated heterocycles. The number of amides is 1. The van der Waals surface area contributed by atoms with Crippen LogP contribution in [0.5, 0.6) is 0 Å². The lowest BCUT2D eigenvalue weighted by Crippen LogP contribution is -2.44. The van der Waals surface area contributed by atoms with Crippen molar-refractivity contribution in [2.45, 2.75) is 31.1 Å². The van der Waals surface area contributed by atoms with E-state index in [4.69, 9.17) is 0 Å². The highest BCUT2D eigenvalue weighted by molar-refractivity contribution is 8.00. The number of nitrogens with zero attached hydrogens (tertiary/aromatic N) is 2. The van der Waals surface area contributed by atoms with Crippen LogP contribution in [0.15, 0.2) is 30.3 Å². The Morgan fingerprint density at radius 1 is 1.19 bits per heavy atom. The zero-order valence-electron chi connectivity index (χ0n) is 12.7. The molecule has 2 fully saturated rings. The lowest BCUT2D eigenvalue weighted by Gasteiger charge is -2.40. The second-order valence-electron chi connectivity index (χ2n) is 5.95. The van der Waals surface area contributed by atoms with Crippen LogP contribution in [-0.4, -0.2) is 52.9 Å². The molecule has 3 nitrogen and oxygen atoms in total. The van der Waals surface area contributed by atoms with Crippen LogP contribution in [0.2, 0.25) is 0 Å². The summed E-state index contributed by atoms with van der Waals surface area (Å²) in [7, 11) is 0. The highest BCUT2D eigenvalue weighted by atomic mass is 32.2. The van der Waals surface area contributed by atoms with E-state index in [0.717, 1.165) is 39.0 Å². The number of likely N-dealkylation sites (tertiary alicyclic amines) is 1. The summed E-state index contributed by atoms with van der Waals surface area (Å²) >= 11 is 2.06. The van der Waals surface area contributed by atoms with E-state index in [9.17, 15) is 4.79 Å². The van der Waals surface area contributed by atoms with Crippen molar-refractivity contribution in [1.82, 2.24) is 9.80 Å². The Morgan fingerprint density at radius 2 is 2.00 bits per heavy atom. The van der Waals surface area contributed by atoms with Crippen molar-refractivity contribution in [3.63, 3.8) is 0 Å². The van der Waals surface area contributed by atoms with Crippen LogP contribution in [0.3, 0.4) is 0 Å². The van der Waals surface area contributed by atoms with Crippen LogP contribution in [0.25, 0.3) is 0 Å². The van der Waals surface area contributed by atoms with Crippen LogP contribution in [0.1, 0.15) is 31.4 Å². The topological polar surface area (TPSA) is 23.6 Å². The highest BCUT2D eigenvalue weighted by Gasteiger charge is 2.31. The number of benzene rings is 1. The van der Waals surface area contributed by atoms with Gasteiger partial charge in [0.2, 0.25) is 5.91 Å². The third-order valence-corrected chi connectivity index (χ3v) is 5.77. The van der Waals surface area contributed by atoms with Gasteiger partial charge >= 0.3 is 0 Å². The van der Waals surface area contributed by atoms with E-state index < -0.39 is 0 Å². The average Bonchev–Trinajstić information content (AvgIpc) is 2.91. The molecule has 0 N–H and O–H groups in total. The SMILES string of the molecule is C[C@@H]1SCCN(CCN2CCCC2=O)[C@@H]1c1ccccc1. The normalized spacial score (nSPS) is 27.3. The molecule has 4 heteroatoms. The first-order valence-electron chi connectivity index (χ1n) is 7.94. The number of hydrogen-bond donors (Lipinski definition) is 0. The molecule has 0 aromatic heterocycles. The molecule has 1 aromatic rings. The van der Waals surface area contributed by atoms with Crippen molar-refractivity contribution in [2.75, 3.05) is 31.9 Å². The Hall–Kier alpha value is -1.00. The fraction of sp³-hybridized carbons (Fsp3) is 0.588. The van der Waals surface area contributed by atoms with E-state index >= 15 is 0 Å². The summed E-state index contributed by atoms with van der Waals surface area (Å²) < 4.78 is 0. The first-order valence-corrected chi connectivity index (χ1v) is 8.99. The molecule has 21 heavy (non-hydrogen) atoms. The third kappa shape index (κ3) is 3.43. The predicted molar refractivity (Wildman–Crippen MR) is 88.5 cm³/mol. The number of carbonyl (C=O) groups excluding carboxylic acids is 1. The predicted octanol–water partition coefficient (Wildman–Crippen LogP) is 2.79. The van der Waals surface area contributed by atoms with Gasteiger partial charge < -0.3 is 4.90 Å². The lowest BCUT2D eigenvalue weighted by atomic mass is 10.0. The fourth-order valence-electron chi connectivity index (χ4n) is 3.46. The van der Waals surface area contributed by atoms with Crippen molar-refractivity contribution in [3.05, 3.63) is 35.9 Å². The van der Waals surface area contributed by atoms with Gasteiger partial charge in [-0.05, 0) is 12.0 Å². The van der Waals surface area contributed by atoms with Gasteiger partial charge in [-0.25, -0.2) is 0 Å². The molecule has 2 aliphatic heterocycles. The molecule has 0 aliphatic carbocycles. The zero-order chi connectivity index (χ0) is 14.7. The Labute approximate surface area is 131 Å². The maximum Gasteiger partial charge on any atom is 0.222 e. The molecule has 0 radical (unpaired) electrons. The van der Waals surface area contributed by atoms with Crippen molar-refractivity contribution >= 4 is 17.7 Å². The summed E-state index contributed by atoms with van der Waals surface area (Å²) in [5, 5.41) is 0.607. The summed E-state index contributed by atoms with van der Waals surface area (Å²) in [6.45, 7) is 6.29. The molecular formula is C17H24N2OS. The minimum Gasteiger partial charge on any atom is -0.341 e. The Morgan fingerprint density at radius 3 is 2.71 bits per heavy atom. The van der Waals surface area contributed by atoms with E-state index in [1.165, 1.54) is 11.3 Å². The molecule has 1 aromatic carbocycles. The van der Waals surface area contributed by atoms with Crippen LogP contribution in [0, 0.1) is 0 Å². The van der Waals surface area contributed by atoms with Crippen LogP contribution >= 0.6 is 11.8 Å². The van der Waals surface area contributed by atoms with E-state index in [0.29, 0.717) is 17.2 Å². The number of carbonyl (C=O) groups is 1. The van der Waals surface area contributed by atoms with Gasteiger partial charge in [0.25, 0.3) is 0 Å². The average molecular weight is 304 g/mol. The van der Waals surface area contributed by atoms with Crippen molar-refractivity contribution < 1.29 is 4.79 Å². The standard InChI is InChI=1S/C17H24N2OS/c1-14-17(15-6-3-2-4-7-15)19(12-13-21-14)11-10-18-9-5-8-16(18)20/h2-4,6-7,14,17H,5,8-13H2,1H3/t14-,17-/m0/s1. The van der Waals surface area contributed by atoms with Crippen LogP contribution < -0.4 is 0 Å². The first-order chi connectivity index (χ1) is 10.3. The van der Waals surface area contributed by atoms with Crippen LogP contribution in [0.4, 0.5) is 0 Å². The fourth-order valence-corrected chi connectivity index (χ4v) is 4.68. The molecule has 3 rings (SSSR count). The van der Waals surface area contributed by atoms with Gasteiger partial charge in [-0.3, -0.25) is 9.69 Å². The molecule has 0 unspecified atom stereocenters. The second-order valence-corrected chi connectivity index (χ2v) is 7.44. The molecule has 2 aliphatic rings. The van der Waals surface area contributed by atoms with Crippen molar-refractivity contribution in [2.24, 2.45) is 0 Å². The van der Waals surface area contributed by atoms with E-state index in [-0.39, 0.29) is 0 Å². The Balaban J connectivity index is 1.68. The van der Waals surface area contributed by atoms with Gasteiger partial charge in [0.1, 0.15) is 0 Å². The van der Waals surface area contributed by atoms with Gasteiger partial charge in [0.15, 0.2) is 0 Å².